The molecule has 0 amide bonds. The highest BCUT2D eigenvalue weighted by Crippen LogP contribution is 2.37. The molecule has 1 aliphatic rings. The van der Waals surface area contributed by atoms with Gasteiger partial charge in [0.15, 0.2) is 0 Å². The number of aliphatic imine (C=N–C) groups is 1. The van der Waals surface area contributed by atoms with E-state index in [9.17, 15) is 0 Å². The normalized spacial score (nSPS) is 18.6. The Bertz CT molecular complexity index is 962. The Morgan fingerprint density at radius 3 is 2.17 bits per heavy atom. The zero-order chi connectivity index (χ0) is 20.2. The maximum atomic E-state index is 5.63. The number of anilines is 1. The Morgan fingerprint density at radius 2 is 1.55 bits per heavy atom. The average molecular weight is 385 g/mol. The van der Waals surface area contributed by atoms with Crippen LogP contribution in [0.5, 0.6) is 5.75 Å². The maximum absolute atomic E-state index is 5.63. The van der Waals surface area contributed by atoms with Gasteiger partial charge >= 0.3 is 0 Å². The molecule has 148 valence electrons. The van der Waals surface area contributed by atoms with Gasteiger partial charge in [-0.2, -0.15) is 0 Å². The quantitative estimate of drug-likeness (QED) is 0.517. The van der Waals surface area contributed by atoms with Crippen LogP contribution < -0.4 is 9.64 Å². The van der Waals surface area contributed by atoms with Crippen molar-refractivity contribution in [3.8, 4) is 5.75 Å². The minimum atomic E-state index is -0.0370. The van der Waals surface area contributed by atoms with E-state index >= 15 is 0 Å². The van der Waals surface area contributed by atoms with Crippen LogP contribution in [0.25, 0.3) is 0 Å². The van der Waals surface area contributed by atoms with Gasteiger partial charge < -0.3 is 9.64 Å². The Labute approximate surface area is 173 Å². The highest BCUT2D eigenvalue weighted by atomic mass is 16.5. The van der Waals surface area contributed by atoms with Crippen molar-refractivity contribution >= 4 is 11.4 Å². The Morgan fingerprint density at radius 1 is 0.862 bits per heavy atom. The second-order valence-electron chi connectivity index (χ2n) is 7.36. The third-order valence-corrected chi connectivity index (χ3v) is 5.54. The van der Waals surface area contributed by atoms with Gasteiger partial charge in [0, 0.05) is 5.69 Å². The minimum Gasteiger partial charge on any atom is -0.494 e. The summed E-state index contributed by atoms with van der Waals surface area (Å²) in [6, 6.07) is 27.9. The number of hydrogen-bond acceptors (Lipinski definition) is 3. The summed E-state index contributed by atoms with van der Waals surface area (Å²) in [5, 5.41) is 0. The van der Waals surface area contributed by atoms with Gasteiger partial charge in [0.1, 0.15) is 11.9 Å². The molecule has 2 atom stereocenters. The first-order valence-electron chi connectivity index (χ1n) is 10.4. The average Bonchev–Trinajstić information content (AvgIpc) is 3.12. The summed E-state index contributed by atoms with van der Waals surface area (Å²) < 4.78 is 5.63. The van der Waals surface area contributed by atoms with Gasteiger partial charge in [-0.3, -0.25) is 4.99 Å². The molecule has 0 bridgehead atoms. The number of aryl methyl sites for hydroxylation is 1. The SMILES string of the molecule is CCOc1ccc(N2C(C)C(c3ccc(CC)cc3)=NC2c2ccccc2)cc1. The number of ether oxygens (including phenoxy) is 1. The van der Waals surface area contributed by atoms with E-state index in [4.69, 9.17) is 9.73 Å². The fourth-order valence-electron chi connectivity index (χ4n) is 3.98. The molecule has 0 spiro atoms. The summed E-state index contributed by atoms with van der Waals surface area (Å²) >= 11 is 0. The van der Waals surface area contributed by atoms with Crippen molar-refractivity contribution in [2.24, 2.45) is 4.99 Å². The highest BCUT2D eigenvalue weighted by molar-refractivity contribution is 6.07. The second-order valence-corrected chi connectivity index (χ2v) is 7.36. The molecule has 4 rings (SSSR count). The van der Waals surface area contributed by atoms with E-state index in [2.05, 4.69) is 85.5 Å². The van der Waals surface area contributed by atoms with Crippen LogP contribution in [0, 0.1) is 0 Å². The lowest BCUT2D eigenvalue weighted by Gasteiger charge is -2.30. The van der Waals surface area contributed by atoms with Crippen LogP contribution in [0.2, 0.25) is 0 Å². The first-order chi connectivity index (χ1) is 14.2. The summed E-state index contributed by atoms with van der Waals surface area (Å²) in [6.45, 7) is 7.11. The van der Waals surface area contributed by atoms with E-state index in [0.29, 0.717) is 6.61 Å². The standard InChI is InChI=1S/C26H28N2O/c1-4-20-11-13-21(14-12-20)25-19(3)28(23-15-17-24(18-16-23)29-5-2)26(27-25)22-9-7-6-8-10-22/h6-19,26H,4-5H2,1-3H3. The second kappa shape index (κ2) is 8.52. The van der Waals surface area contributed by atoms with Crippen molar-refractivity contribution in [3.05, 3.63) is 95.6 Å². The van der Waals surface area contributed by atoms with Crippen LogP contribution in [0.15, 0.2) is 83.9 Å². The van der Waals surface area contributed by atoms with Crippen molar-refractivity contribution in [1.29, 1.82) is 0 Å². The van der Waals surface area contributed by atoms with E-state index in [1.54, 1.807) is 0 Å². The zero-order valence-corrected chi connectivity index (χ0v) is 17.4. The predicted molar refractivity (Wildman–Crippen MR) is 121 cm³/mol. The fraction of sp³-hybridized carbons (Fsp3) is 0.269. The predicted octanol–water partition coefficient (Wildman–Crippen LogP) is 6.04. The van der Waals surface area contributed by atoms with E-state index in [1.807, 2.05) is 19.1 Å². The molecule has 0 radical (unpaired) electrons. The molecule has 0 saturated carbocycles. The molecule has 2 unspecified atom stereocenters. The lowest BCUT2D eigenvalue weighted by Crippen LogP contribution is -2.35. The zero-order valence-electron chi connectivity index (χ0n) is 17.4. The third kappa shape index (κ3) is 3.91. The van der Waals surface area contributed by atoms with Gasteiger partial charge in [-0.25, -0.2) is 0 Å². The molecule has 0 fully saturated rings. The molecule has 3 aromatic carbocycles. The Balaban J connectivity index is 1.73. The molecule has 3 aromatic rings. The van der Waals surface area contributed by atoms with Crippen LogP contribution in [0.3, 0.4) is 0 Å². The van der Waals surface area contributed by atoms with Crippen LogP contribution in [0.1, 0.15) is 43.6 Å². The third-order valence-electron chi connectivity index (χ3n) is 5.54. The van der Waals surface area contributed by atoms with Crippen molar-refractivity contribution < 1.29 is 4.74 Å². The van der Waals surface area contributed by atoms with Gasteiger partial charge in [-0.15, -0.1) is 0 Å². The van der Waals surface area contributed by atoms with Gasteiger partial charge in [0.2, 0.25) is 0 Å². The number of hydrogen-bond donors (Lipinski definition) is 0. The number of benzene rings is 3. The first kappa shape index (κ1) is 19.3. The molecule has 29 heavy (non-hydrogen) atoms. The fourth-order valence-corrected chi connectivity index (χ4v) is 3.98. The lowest BCUT2D eigenvalue weighted by atomic mass is 10.0. The monoisotopic (exact) mass is 384 g/mol. The summed E-state index contributed by atoms with van der Waals surface area (Å²) in [5.41, 5.74) is 6.04. The van der Waals surface area contributed by atoms with E-state index in [0.717, 1.165) is 23.6 Å². The number of rotatable bonds is 6. The van der Waals surface area contributed by atoms with E-state index in [1.165, 1.54) is 16.7 Å². The molecule has 0 aromatic heterocycles. The lowest BCUT2D eigenvalue weighted by molar-refractivity contribution is 0.340. The minimum absolute atomic E-state index is 0.0370. The smallest absolute Gasteiger partial charge is 0.148 e. The molecule has 3 heteroatoms. The van der Waals surface area contributed by atoms with Gasteiger partial charge in [0.25, 0.3) is 0 Å². The Kier molecular flexibility index (Phi) is 5.66. The van der Waals surface area contributed by atoms with Crippen molar-refractivity contribution in [2.45, 2.75) is 39.4 Å². The molecule has 3 nitrogen and oxygen atoms in total. The topological polar surface area (TPSA) is 24.8 Å². The largest absolute Gasteiger partial charge is 0.494 e. The molecular weight excluding hydrogens is 356 g/mol. The molecule has 1 heterocycles. The van der Waals surface area contributed by atoms with Crippen LogP contribution in [0.4, 0.5) is 5.69 Å². The maximum Gasteiger partial charge on any atom is 0.148 e. The van der Waals surface area contributed by atoms with Crippen LogP contribution in [-0.4, -0.2) is 18.4 Å². The first-order valence-corrected chi connectivity index (χ1v) is 10.4. The van der Waals surface area contributed by atoms with E-state index in [-0.39, 0.29) is 12.2 Å². The Hall–Kier alpha value is -3.07. The summed E-state index contributed by atoms with van der Waals surface area (Å²) in [6.07, 6.45) is 1.01. The van der Waals surface area contributed by atoms with Gasteiger partial charge in [0.05, 0.1) is 18.4 Å². The van der Waals surface area contributed by atoms with Gasteiger partial charge in [-0.1, -0.05) is 61.5 Å². The van der Waals surface area contributed by atoms with Crippen LogP contribution in [-0.2, 0) is 6.42 Å². The molecular formula is C26H28N2O. The van der Waals surface area contributed by atoms with E-state index < -0.39 is 0 Å². The number of nitrogens with zero attached hydrogens (tertiary/aromatic N) is 2. The van der Waals surface area contributed by atoms with Crippen LogP contribution >= 0.6 is 0 Å². The van der Waals surface area contributed by atoms with Gasteiger partial charge in [-0.05, 0) is 61.2 Å². The van der Waals surface area contributed by atoms with Crippen molar-refractivity contribution in [2.75, 3.05) is 11.5 Å². The molecule has 0 saturated heterocycles. The molecule has 0 aliphatic carbocycles. The summed E-state index contributed by atoms with van der Waals surface area (Å²) in [7, 11) is 0. The molecule has 0 N–H and O–H groups in total. The highest BCUT2D eigenvalue weighted by Gasteiger charge is 2.35. The van der Waals surface area contributed by atoms with Crippen molar-refractivity contribution in [3.63, 3.8) is 0 Å². The summed E-state index contributed by atoms with van der Waals surface area (Å²) in [5.74, 6) is 0.899. The summed E-state index contributed by atoms with van der Waals surface area (Å²) in [4.78, 5) is 7.59. The molecule has 1 aliphatic heterocycles. The van der Waals surface area contributed by atoms with Crippen molar-refractivity contribution in [1.82, 2.24) is 0 Å².